The number of anilines is 1. The maximum Gasteiger partial charge on any atom is 0.337 e. The van der Waals surface area contributed by atoms with E-state index in [1.54, 1.807) is 24.3 Å². The molecule has 126 valence electrons. The van der Waals surface area contributed by atoms with E-state index in [2.05, 4.69) is 41.2 Å². The van der Waals surface area contributed by atoms with Crippen molar-refractivity contribution in [1.29, 1.82) is 0 Å². The van der Waals surface area contributed by atoms with E-state index in [0.717, 1.165) is 11.4 Å². The van der Waals surface area contributed by atoms with Gasteiger partial charge in [0.1, 0.15) is 6.54 Å². The van der Waals surface area contributed by atoms with Gasteiger partial charge in [-0.25, -0.2) is 4.79 Å². The van der Waals surface area contributed by atoms with Gasteiger partial charge in [-0.1, -0.05) is 29.8 Å². The molecule has 2 aromatic carbocycles. The van der Waals surface area contributed by atoms with Crippen molar-refractivity contribution < 1.29 is 19.2 Å². The Labute approximate surface area is 142 Å². The highest BCUT2D eigenvalue weighted by Crippen LogP contribution is 2.10. The molecule has 24 heavy (non-hydrogen) atoms. The van der Waals surface area contributed by atoms with Crippen LogP contribution in [0.25, 0.3) is 0 Å². The summed E-state index contributed by atoms with van der Waals surface area (Å²) in [4.78, 5) is 24.6. The Morgan fingerprint density at radius 1 is 1.04 bits per heavy atom. The SMILES string of the molecule is COC(=O)c1ccc(NC(=O)C[NH+](C)Cc2ccc(C)cc2)cc1. The van der Waals surface area contributed by atoms with Crippen LogP contribution in [0.15, 0.2) is 48.5 Å². The van der Waals surface area contributed by atoms with Crippen LogP contribution < -0.4 is 10.2 Å². The van der Waals surface area contributed by atoms with Crippen LogP contribution in [0.5, 0.6) is 0 Å². The summed E-state index contributed by atoms with van der Waals surface area (Å²) in [5.41, 5.74) is 3.55. The number of ether oxygens (including phenoxy) is 1. The molecule has 0 spiro atoms. The average molecular weight is 327 g/mol. The van der Waals surface area contributed by atoms with Crippen molar-refractivity contribution in [2.24, 2.45) is 0 Å². The first kappa shape index (κ1) is 17.7. The first-order valence-corrected chi connectivity index (χ1v) is 7.83. The van der Waals surface area contributed by atoms with E-state index in [-0.39, 0.29) is 5.91 Å². The van der Waals surface area contributed by atoms with E-state index in [4.69, 9.17) is 0 Å². The van der Waals surface area contributed by atoms with Gasteiger partial charge in [-0.3, -0.25) is 4.79 Å². The minimum Gasteiger partial charge on any atom is -0.465 e. The Bertz CT molecular complexity index is 694. The van der Waals surface area contributed by atoms with Gasteiger partial charge < -0.3 is 15.0 Å². The molecule has 0 bridgehead atoms. The van der Waals surface area contributed by atoms with Gasteiger partial charge in [-0.15, -0.1) is 0 Å². The minimum atomic E-state index is -0.393. The van der Waals surface area contributed by atoms with Gasteiger partial charge >= 0.3 is 5.97 Å². The molecular formula is C19H23N2O3+. The topological polar surface area (TPSA) is 59.8 Å². The summed E-state index contributed by atoms with van der Waals surface area (Å²) >= 11 is 0. The number of carbonyl (C=O) groups excluding carboxylic acids is 2. The molecule has 2 N–H and O–H groups in total. The van der Waals surface area contributed by atoms with Crippen molar-refractivity contribution in [1.82, 2.24) is 0 Å². The number of quaternary nitrogens is 1. The summed E-state index contributed by atoms with van der Waals surface area (Å²) in [6.07, 6.45) is 0. The zero-order valence-electron chi connectivity index (χ0n) is 14.3. The van der Waals surface area contributed by atoms with E-state index in [1.165, 1.54) is 18.2 Å². The van der Waals surface area contributed by atoms with Crippen molar-refractivity contribution >= 4 is 17.6 Å². The Hall–Kier alpha value is -2.66. The lowest BCUT2D eigenvalue weighted by atomic mass is 10.1. The Kier molecular flexibility index (Phi) is 6.09. The number of aryl methyl sites for hydroxylation is 1. The lowest BCUT2D eigenvalue weighted by molar-refractivity contribution is -0.885. The number of rotatable bonds is 6. The summed E-state index contributed by atoms with van der Waals surface area (Å²) in [6, 6.07) is 15.0. The zero-order valence-corrected chi connectivity index (χ0v) is 14.3. The van der Waals surface area contributed by atoms with E-state index in [1.807, 2.05) is 7.05 Å². The molecule has 0 aliphatic carbocycles. The molecule has 0 heterocycles. The second-order valence-electron chi connectivity index (χ2n) is 5.91. The van der Waals surface area contributed by atoms with Crippen LogP contribution in [0.3, 0.4) is 0 Å². The predicted octanol–water partition coefficient (Wildman–Crippen LogP) is 1.44. The predicted molar refractivity (Wildman–Crippen MR) is 93.0 cm³/mol. The maximum absolute atomic E-state index is 12.1. The van der Waals surface area contributed by atoms with Crippen LogP contribution in [-0.4, -0.2) is 32.6 Å². The summed E-state index contributed by atoms with van der Waals surface area (Å²) < 4.78 is 4.64. The summed E-state index contributed by atoms with van der Waals surface area (Å²) in [5.74, 6) is -0.458. The highest BCUT2D eigenvalue weighted by Gasteiger charge is 2.11. The summed E-state index contributed by atoms with van der Waals surface area (Å²) in [5, 5.41) is 2.84. The lowest BCUT2D eigenvalue weighted by Gasteiger charge is -2.14. The van der Waals surface area contributed by atoms with Crippen molar-refractivity contribution in [3.05, 3.63) is 65.2 Å². The van der Waals surface area contributed by atoms with Crippen LogP contribution in [0.2, 0.25) is 0 Å². The summed E-state index contributed by atoms with van der Waals surface area (Å²) in [7, 11) is 3.32. The number of hydrogen-bond acceptors (Lipinski definition) is 3. The van der Waals surface area contributed by atoms with Crippen molar-refractivity contribution in [3.8, 4) is 0 Å². The van der Waals surface area contributed by atoms with Crippen LogP contribution in [0, 0.1) is 6.92 Å². The Balaban J connectivity index is 1.85. The molecule has 5 heteroatoms. The van der Waals surface area contributed by atoms with Gasteiger partial charge in [0, 0.05) is 11.3 Å². The van der Waals surface area contributed by atoms with E-state index in [9.17, 15) is 9.59 Å². The number of hydrogen-bond donors (Lipinski definition) is 2. The quantitative estimate of drug-likeness (QED) is 0.789. The number of nitrogens with one attached hydrogen (secondary N) is 2. The lowest BCUT2D eigenvalue weighted by Crippen LogP contribution is -3.08. The number of likely N-dealkylation sites (N-methyl/N-ethyl adjacent to an activating group) is 1. The molecule has 1 unspecified atom stereocenters. The standard InChI is InChI=1S/C19H22N2O3/c1-14-4-6-15(7-5-14)12-21(2)13-18(22)20-17-10-8-16(9-11-17)19(23)24-3/h4-11H,12-13H2,1-3H3,(H,20,22)/p+1. The molecule has 2 rings (SSSR count). The normalized spacial score (nSPS) is 11.6. The van der Waals surface area contributed by atoms with Gasteiger partial charge in [0.15, 0.2) is 6.54 Å². The molecule has 0 fully saturated rings. The average Bonchev–Trinajstić information content (AvgIpc) is 2.56. The number of esters is 1. The third kappa shape index (κ3) is 5.21. The molecule has 2 aromatic rings. The van der Waals surface area contributed by atoms with Crippen LogP contribution in [-0.2, 0) is 16.1 Å². The fourth-order valence-electron chi connectivity index (χ4n) is 2.40. The first-order chi connectivity index (χ1) is 11.5. The number of methoxy groups -OCH3 is 1. The van der Waals surface area contributed by atoms with Crippen LogP contribution in [0.1, 0.15) is 21.5 Å². The van der Waals surface area contributed by atoms with Gasteiger partial charge in [-0.2, -0.15) is 0 Å². The van der Waals surface area contributed by atoms with E-state index < -0.39 is 5.97 Å². The first-order valence-electron chi connectivity index (χ1n) is 7.83. The Morgan fingerprint density at radius 2 is 1.67 bits per heavy atom. The van der Waals surface area contributed by atoms with Gasteiger partial charge in [0.2, 0.25) is 0 Å². The van der Waals surface area contributed by atoms with E-state index in [0.29, 0.717) is 17.8 Å². The van der Waals surface area contributed by atoms with Gasteiger partial charge in [0.25, 0.3) is 5.91 Å². The third-order valence-electron chi connectivity index (χ3n) is 3.68. The fraction of sp³-hybridized carbons (Fsp3) is 0.263. The minimum absolute atomic E-state index is 0.0644. The molecule has 0 aromatic heterocycles. The van der Waals surface area contributed by atoms with Gasteiger partial charge in [-0.05, 0) is 31.2 Å². The highest BCUT2D eigenvalue weighted by atomic mass is 16.5. The number of carbonyl (C=O) groups is 2. The van der Waals surface area contributed by atoms with Crippen molar-refractivity contribution in [2.45, 2.75) is 13.5 Å². The van der Waals surface area contributed by atoms with Crippen LogP contribution >= 0.6 is 0 Å². The van der Waals surface area contributed by atoms with Crippen molar-refractivity contribution in [2.75, 3.05) is 26.0 Å². The third-order valence-corrected chi connectivity index (χ3v) is 3.68. The number of benzene rings is 2. The number of amides is 1. The maximum atomic E-state index is 12.1. The molecule has 5 nitrogen and oxygen atoms in total. The van der Waals surface area contributed by atoms with Crippen LogP contribution in [0.4, 0.5) is 5.69 Å². The largest absolute Gasteiger partial charge is 0.465 e. The molecule has 0 aliphatic heterocycles. The molecule has 0 radical (unpaired) electrons. The molecule has 0 saturated carbocycles. The molecule has 0 aliphatic rings. The zero-order chi connectivity index (χ0) is 17.5. The molecule has 0 saturated heterocycles. The second kappa shape index (κ2) is 8.26. The fourth-order valence-corrected chi connectivity index (χ4v) is 2.40. The molecule has 1 atom stereocenters. The van der Waals surface area contributed by atoms with Crippen molar-refractivity contribution in [3.63, 3.8) is 0 Å². The van der Waals surface area contributed by atoms with E-state index >= 15 is 0 Å². The highest BCUT2D eigenvalue weighted by molar-refractivity contribution is 5.93. The smallest absolute Gasteiger partial charge is 0.337 e. The summed E-state index contributed by atoms with van der Waals surface area (Å²) in [6.45, 7) is 3.21. The monoisotopic (exact) mass is 327 g/mol. The van der Waals surface area contributed by atoms with Gasteiger partial charge in [0.05, 0.1) is 19.7 Å². The second-order valence-corrected chi connectivity index (χ2v) is 5.91. The Morgan fingerprint density at radius 3 is 2.25 bits per heavy atom. The molecular weight excluding hydrogens is 304 g/mol. The molecule has 1 amide bonds.